The van der Waals surface area contributed by atoms with Gasteiger partial charge in [-0.15, -0.1) is 0 Å². The molecular formula is C15H13N3O. The molecule has 0 bridgehead atoms. The zero-order chi connectivity index (χ0) is 13.1. The van der Waals surface area contributed by atoms with E-state index in [4.69, 9.17) is 0 Å². The average molecular weight is 251 g/mol. The molecule has 0 fully saturated rings. The van der Waals surface area contributed by atoms with Crippen LogP contribution in [-0.4, -0.2) is 16.8 Å². The van der Waals surface area contributed by atoms with E-state index in [9.17, 15) is 5.21 Å². The molecule has 0 atom stereocenters. The fraction of sp³-hybridized carbons (Fsp3) is 0.0667. The van der Waals surface area contributed by atoms with Crippen LogP contribution in [0, 0.1) is 0 Å². The van der Waals surface area contributed by atoms with Crippen LogP contribution in [-0.2, 0) is 6.54 Å². The van der Waals surface area contributed by atoms with Gasteiger partial charge in [-0.1, -0.05) is 53.7 Å². The van der Waals surface area contributed by atoms with Crippen molar-refractivity contribution in [2.24, 2.45) is 10.1 Å². The van der Waals surface area contributed by atoms with Crippen LogP contribution in [0.25, 0.3) is 0 Å². The van der Waals surface area contributed by atoms with Crippen LogP contribution in [0.15, 0.2) is 64.7 Å². The molecule has 0 aliphatic carbocycles. The molecule has 1 heterocycles. The minimum absolute atomic E-state index is 0.454. The van der Waals surface area contributed by atoms with Crippen LogP contribution in [0.2, 0.25) is 0 Å². The molecule has 0 aromatic heterocycles. The summed E-state index contributed by atoms with van der Waals surface area (Å²) in [5.41, 5.74) is 3.42. The third-order valence-corrected chi connectivity index (χ3v) is 3.05. The molecule has 94 valence electrons. The van der Waals surface area contributed by atoms with E-state index in [1.807, 2.05) is 54.6 Å². The summed E-state index contributed by atoms with van der Waals surface area (Å²) >= 11 is 0. The van der Waals surface area contributed by atoms with E-state index >= 15 is 0 Å². The second-order valence-electron chi connectivity index (χ2n) is 4.26. The van der Waals surface area contributed by atoms with Crippen LogP contribution < -0.4 is 5.32 Å². The van der Waals surface area contributed by atoms with Gasteiger partial charge in [-0.05, 0) is 11.6 Å². The maximum Gasteiger partial charge on any atom is 0.156 e. The molecule has 0 radical (unpaired) electrons. The van der Waals surface area contributed by atoms with Crippen molar-refractivity contribution in [3.8, 4) is 0 Å². The molecule has 3 rings (SSSR count). The number of fused-ring (bicyclic) bond motifs is 1. The number of nitrogens with one attached hydrogen (secondary N) is 1. The highest BCUT2D eigenvalue weighted by molar-refractivity contribution is 6.51. The van der Waals surface area contributed by atoms with E-state index in [-0.39, 0.29) is 0 Å². The van der Waals surface area contributed by atoms with Gasteiger partial charge in [0.15, 0.2) is 11.5 Å². The zero-order valence-corrected chi connectivity index (χ0v) is 10.2. The van der Waals surface area contributed by atoms with Crippen LogP contribution in [0.1, 0.15) is 11.1 Å². The molecule has 4 heteroatoms. The Morgan fingerprint density at radius 1 is 1.05 bits per heavy atom. The number of amidine groups is 1. The Morgan fingerprint density at radius 3 is 2.58 bits per heavy atom. The van der Waals surface area contributed by atoms with E-state index in [1.54, 1.807) is 0 Å². The van der Waals surface area contributed by atoms with Gasteiger partial charge in [0.1, 0.15) is 0 Å². The number of nitrogens with zero attached hydrogens (tertiary/aromatic N) is 2. The first-order valence-electron chi connectivity index (χ1n) is 6.06. The second-order valence-corrected chi connectivity index (χ2v) is 4.26. The van der Waals surface area contributed by atoms with Crippen LogP contribution >= 0.6 is 0 Å². The largest absolute Gasteiger partial charge is 0.410 e. The number of anilines is 1. The molecule has 0 saturated heterocycles. The van der Waals surface area contributed by atoms with Gasteiger partial charge in [-0.2, -0.15) is 0 Å². The lowest BCUT2D eigenvalue weighted by Crippen LogP contribution is -2.27. The fourth-order valence-corrected chi connectivity index (χ4v) is 2.08. The molecular weight excluding hydrogens is 238 g/mol. The van der Waals surface area contributed by atoms with Gasteiger partial charge < -0.3 is 10.5 Å². The van der Waals surface area contributed by atoms with Crippen LogP contribution in [0.4, 0.5) is 5.69 Å². The lowest BCUT2D eigenvalue weighted by Gasteiger charge is -2.18. The Bertz CT molecular complexity index is 647. The van der Waals surface area contributed by atoms with E-state index in [1.165, 1.54) is 0 Å². The number of para-hydroxylation sites is 1. The predicted molar refractivity (Wildman–Crippen MR) is 76.0 cm³/mol. The number of benzene rings is 2. The number of hydrogen-bond donors (Lipinski definition) is 2. The molecule has 0 saturated carbocycles. The summed E-state index contributed by atoms with van der Waals surface area (Å²) in [4.78, 5) is 4.43. The molecule has 0 spiro atoms. The third-order valence-electron chi connectivity index (χ3n) is 3.05. The van der Waals surface area contributed by atoms with E-state index in [0.717, 1.165) is 16.8 Å². The van der Waals surface area contributed by atoms with E-state index in [2.05, 4.69) is 15.5 Å². The summed E-state index contributed by atoms with van der Waals surface area (Å²) in [7, 11) is 0. The van der Waals surface area contributed by atoms with Crippen LogP contribution in [0.3, 0.4) is 0 Å². The lowest BCUT2D eigenvalue weighted by molar-refractivity contribution is 0.320. The molecule has 0 amide bonds. The first kappa shape index (κ1) is 11.5. The first-order valence-corrected chi connectivity index (χ1v) is 6.06. The van der Waals surface area contributed by atoms with Crippen molar-refractivity contribution in [3.63, 3.8) is 0 Å². The molecule has 2 N–H and O–H groups in total. The smallest absolute Gasteiger partial charge is 0.156 e. The Balaban J connectivity index is 1.94. The lowest BCUT2D eigenvalue weighted by atomic mass is 10.1. The Hall–Kier alpha value is -2.62. The highest BCUT2D eigenvalue weighted by atomic mass is 16.4. The predicted octanol–water partition coefficient (Wildman–Crippen LogP) is 2.89. The molecule has 2 aromatic rings. The zero-order valence-electron chi connectivity index (χ0n) is 10.2. The topological polar surface area (TPSA) is 57.0 Å². The van der Waals surface area contributed by atoms with Gasteiger partial charge in [0.2, 0.25) is 0 Å². The quantitative estimate of drug-likeness (QED) is 0.490. The number of hydrogen-bond acceptors (Lipinski definition) is 4. The van der Waals surface area contributed by atoms with Gasteiger partial charge in [0, 0.05) is 11.3 Å². The van der Waals surface area contributed by atoms with Crippen molar-refractivity contribution in [2.75, 3.05) is 5.32 Å². The molecule has 1 aliphatic rings. The van der Waals surface area contributed by atoms with Crippen molar-refractivity contribution in [1.29, 1.82) is 0 Å². The standard InChI is InChI=1S/C15H13N3O/c19-18-14(11-6-2-1-3-7-11)15-16-10-12-8-4-5-9-13(12)17-15/h1-9,19H,10H2,(H,16,17)/b18-14-. The van der Waals surface area contributed by atoms with Crippen molar-refractivity contribution < 1.29 is 5.21 Å². The van der Waals surface area contributed by atoms with Crippen molar-refractivity contribution in [2.45, 2.75) is 6.54 Å². The summed E-state index contributed by atoms with van der Waals surface area (Å²) in [6, 6.07) is 17.5. The second kappa shape index (κ2) is 4.94. The first-order chi connectivity index (χ1) is 9.38. The Labute approximate surface area is 111 Å². The van der Waals surface area contributed by atoms with Crippen molar-refractivity contribution in [3.05, 3.63) is 65.7 Å². The summed E-state index contributed by atoms with van der Waals surface area (Å²) in [6.45, 7) is 0.588. The number of aliphatic imine (C=N–C) groups is 1. The van der Waals surface area contributed by atoms with Gasteiger partial charge in [0.25, 0.3) is 0 Å². The van der Waals surface area contributed by atoms with Gasteiger partial charge in [-0.3, -0.25) is 4.99 Å². The van der Waals surface area contributed by atoms with Gasteiger partial charge in [0.05, 0.1) is 6.54 Å². The number of oxime groups is 1. The average Bonchev–Trinajstić information content (AvgIpc) is 2.49. The molecule has 19 heavy (non-hydrogen) atoms. The summed E-state index contributed by atoms with van der Waals surface area (Å²) in [6.07, 6.45) is 0. The SMILES string of the molecule is O/N=C(\C1=NCc2ccccc2N1)c1ccccc1. The summed E-state index contributed by atoms with van der Waals surface area (Å²) in [5.74, 6) is 0.590. The maximum atomic E-state index is 9.25. The highest BCUT2D eigenvalue weighted by Gasteiger charge is 2.17. The Morgan fingerprint density at radius 2 is 1.79 bits per heavy atom. The van der Waals surface area contributed by atoms with Crippen LogP contribution in [0.5, 0.6) is 0 Å². The minimum atomic E-state index is 0.454. The summed E-state index contributed by atoms with van der Waals surface area (Å²) in [5, 5.41) is 15.8. The molecule has 2 aromatic carbocycles. The van der Waals surface area contributed by atoms with E-state index < -0.39 is 0 Å². The maximum absolute atomic E-state index is 9.25. The van der Waals surface area contributed by atoms with Crippen molar-refractivity contribution in [1.82, 2.24) is 0 Å². The minimum Gasteiger partial charge on any atom is -0.410 e. The summed E-state index contributed by atoms with van der Waals surface area (Å²) < 4.78 is 0. The van der Waals surface area contributed by atoms with Crippen molar-refractivity contribution >= 4 is 17.2 Å². The van der Waals surface area contributed by atoms with Gasteiger partial charge in [-0.25, -0.2) is 0 Å². The highest BCUT2D eigenvalue weighted by Crippen LogP contribution is 2.21. The normalized spacial score (nSPS) is 14.3. The molecule has 4 nitrogen and oxygen atoms in total. The fourth-order valence-electron chi connectivity index (χ4n) is 2.08. The van der Waals surface area contributed by atoms with E-state index in [0.29, 0.717) is 18.1 Å². The molecule has 1 aliphatic heterocycles. The monoisotopic (exact) mass is 251 g/mol. The third kappa shape index (κ3) is 2.20. The molecule has 0 unspecified atom stereocenters. The van der Waals surface area contributed by atoms with Gasteiger partial charge >= 0.3 is 0 Å². The Kier molecular flexibility index (Phi) is 2.98. The number of rotatable bonds is 2.